The van der Waals surface area contributed by atoms with E-state index in [1.165, 1.54) is 19.3 Å². The number of nitrogens with zero attached hydrogens (tertiary/aromatic N) is 2. The molecule has 1 aromatic heterocycles. The number of thioether (sulfide) groups is 1. The summed E-state index contributed by atoms with van der Waals surface area (Å²) in [5, 5.41) is 2.26. The molecule has 0 saturated heterocycles. The number of aromatic nitrogens is 2. The summed E-state index contributed by atoms with van der Waals surface area (Å²) >= 11 is 6.04. The van der Waals surface area contributed by atoms with Crippen LogP contribution in [-0.2, 0) is 0 Å². The predicted octanol–water partition coefficient (Wildman–Crippen LogP) is 3.82. The van der Waals surface area contributed by atoms with Gasteiger partial charge in [0.15, 0.2) is 0 Å². The van der Waals surface area contributed by atoms with Gasteiger partial charge in [-0.1, -0.05) is 24.6 Å². The minimum absolute atomic E-state index is 0.987. The van der Waals surface area contributed by atoms with Crippen LogP contribution < -0.4 is 0 Å². The second kappa shape index (κ2) is 6.87. The second-order valence-corrected chi connectivity index (χ2v) is 5.36. The smallest absolute Gasteiger partial charge is 0.117 e. The summed E-state index contributed by atoms with van der Waals surface area (Å²) in [5.74, 6) is 2.11. The van der Waals surface area contributed by atoms with Crippen molar-refractivity contribution in [3.63, 3.8) is 0 Å². The molecule has 0 aliphatic carbocycles. The van der Waals surface area contributed by atoms with Crippen LogP contribution in [0, 0.1) is 0 Å². The number of unbranched alkanes of at least 4 members (excludes halogenated alkanes) is 2. The van der Waals surface area contributed by atoms with Gasteiger partial charge in [-0.3, -0.25) is 0 Å². The Labute approximate surface area is 112 Å². The number of para-hydroxylation sites is 1. The molecule has 0 aliphatic rings. The molecule has 90 valence electrons. The van der Waals surface area contributed by atoms with E-state index in [-0.39, 0.29) is 0 Å². The van der Waals surface area contributed by atoms with Gasteiger partial charge >= 0.3 is 0 Å². The molecule has 2 rings (SSSR count). The third kappa shape index (κ3) is 3.61. The van der Waals surface area contributed by atoms with Gasteiger partial charge in [-0.25, -0.2) is 9.97 Å². The summed E-state index contributed by atoms with van der Waals surface area (Å²) in [6.07, 6.45) is 5.33. The number of hydrogen-bond acceptors (Lipinski definition) is 4. The van der Waals surface area contributed by atoms with Crippen LogP contribution in [0.3, 0.4) is 0 Å². The van der Waals surface area contributed by atoms with Crippen molar-refractivity contribution in [3.8, 4) is 0 Å². The zero-order chi connectivity index (χ0) is 11.9. The van der Waals surface area contributed by atoms with Crippen molar-refractivity contribution < 1.29 is 0 Å². The van der Waals surface area contributed by atoms with Crippen molar-refractivity contribution in [1.82, 2.24) is 9.97 Å². The minimum Gasteiger partial charge on any atom is -0.236 e. The molecule has 0 fully saturated rings. The van der Waals surface area contributed by atoms with Crippen molar-refractivity contribution in [3.05, 3.63) is 30.6 Å². The van der Waals surface area contributed by atoms with E-state index >= 15 is 0 Å². The first-order chi connectivity index (χ1) is 8.42. The predicted molar refractivity (Wildman–Crippen MR) is 78.0 cm³/mol. The Bertz CT molecular complexity index is 468. The van der Waals surface area contributed by atoms with Gasteiger partial charge in [0.2, 0.25) is 0 Å². The van der Waals surface area contributed by atoms with Crippen LogP contribution in [0.25, 0.3) is 10.9 Å². The topological polar surface area (TPSA) is 25.8 Å². The van der Waals surface area contributed by atoms with Gasteiger partial charge in [0.05, 0.1) is 5.52 Å². The number of hydrogen-bond donors (Lipinski definition) is 1. The molecule has 0 bridgehead atoms. The van der Waals surface area contributed by atoms with Gasteiger partial charge in [0.1, 0.15) is 11.4 Å². The standard InChI is InChI=1S/C13H16N2S2/c16-8-4-1-5-9-17-13-11-6-2-3-7-12(11)14-10-15-13/h2-3,6-7,10,16H,1,4-5,8-9H2. The fourth-order valence-corrected chi connectivity index (χ4v) is 2.87. The lowest BCUT2D eigenvalue weighted by molar-refractivity contribution is 0.786. The van der Waals surface area contributed by atoms with Gasteiger partial charge in [-0.15, -0.1) is 11.8 Å². The Hall–Kier alpha value is -0.740. The van der Waals surface area contributed by atoms with E-state index in [2.05, 4.69) is 28.7 Å². The highest BCUT2D eigenvalue weighted by atomic mass is 32.2. The van der Waals surface area contributed by atoms with Crippen LogP contribution in [0.4, 0.5) is 0 Å². The quantitative estimate of drug-likeness (QED) is 0.372. The van der Waals surface area contributed by atoms with Crippen LogP contribution in [0.5, 0.6) is 0 Å². The molecule has 1 aromatic carbocycles. The minimum atomic E-state index is 0.987. The molecule has 0 saturated carbocycles. The Kier molecular flexibility index (Phi) is 5.13. The molecule has 0 unspecified atom stereocenters. The van der Waals surface area contributed by atoms with Gasteiger partial charge in [0, 0.05) is 5.39 Å². The first-order valence-electron chi connectivity index (χ1n) is 5.85. The fraction of sp³-hybridized carbons (Fsp3) is 0.385. The molecule has 2 aromatic rings. The lowest BCUT2D eigenvalue weighted by Gasteiger charge is -2.04. The first-order valence-corrected chi connectivity index (χ1v) is 7.47. The average molecular weight is 264 g/mol. The van der Waals surface area contributed by atoms with E-state index < -0.39 is 0 Å². The second-order valence-electron chi connectivity index (χ2n) is 3.83. The Balaban J connectivity index is 1.98. The molecule has 0 aliphatic heterocycles. The van der Waals surface area contributed by atoms with Gasteiger partial charge in [-0.2, -0.15) is 12.6 Å². The highest BCUT2D eigenvalue weighted by Crippen LogP contribution is 2.24. The summed E-state index contributed by atoms with van der Waals surface area (Å²) in [6, 6.07) is 8.17. The Morgan fingerprint density at radius 1 is 1.06 bits per heavy atom. The maximum Gasteiger partial charge on any atom is 0.117 e. The van der Waals surface area contributed by atoms with Crippen LogP contribution in [-0.4, -0.2) is 21.5 Å². The number of rotatable bonds is 6. The van der Waals surface area contributed by atoms with Crippen LogP contribution in [0.1, 0.15) is 19.3 Å². The number of thiol groups is 1. The molecule has 2 nitrogen and oxygen atoms in total. The van der Waals surface area contributed by atoms with Crippen molar-refractivity contribution >= 4 is 35.3 Å². The van der Waals surface area contributed by atoms with E-state index in [0.717, 1.165) is 27.4 Å². The van der Waals surface area contributed by atoms with Gasteiger partial charge in [0.25, 0.3) is 0 Å². The summed E-state index contributed by atoms with van der Waals surface area (Å²) < 4.78 is 0. The maximum absolute atomic E-state index is 4.36. The number of benzene rings is 1. The Morgan fingerprint density at radius 3 is 2.82 bits per heavy atom. The molecule has 4 heteroatoms. The van der Waals surface area contributed by atoms with Crippen LogP contribution in [0.15, 0.2) is 35.6 Å². The van der Waals surface area contributed by atoms with E-state index in [0.29, 0.717) is 0 Å². The maximum atomic E-state index is 4.36. The van der Waals surface area contributed by atoms with E-state index in [1.54, 1.807) is 6.33 Å². The van der Waals surface area contributed by atoms with Gasteiger partial charge in [-0.05, 0) is 30.4 Å². The molecular weight excluding hydrogens is 248 g/mol. The highest BCUT2D eigenvalue weighted by Gasteiger charge is 2.02. The molecular formula is C13H16N2S2. The molecule has 17 heavy (non-hydrogen) atoms. The Morgan fingerprint density at radius 2 is 1.94 bits per heavy atom. The van der Waals surface area contributed by atoms with E-state index in [1.807, 2.05) is 30.0 Å². The lowest BCUT2D eigenvalue weighted by atomic mass is 10.2. The zero-order valence-corrected chi connectivity index (χ0v) is 11.4. The van der Waals surface area contributed by atoms with Crippen LogP contribution in [0.2, 0.25) is 0 Å². The fourth-order valence-electron chi connectivity index (χ4n) is 1.65. The summed E-state index contributed by atoms with van der Waals surface area (Å²) in [7, 11) is 0. The van der Waals surface area contributed by atoms with Crippen LogP contribution >= 0.6 is 24.4 Å². The molecule has 0 radical (unpaired) electrons. The first kappa shape index (κ1) is 12.7. The summed E-state index contributed by atoms with van der Waals surface area (Å²) in [6.45, 7) is 0. The third-order valence-corrected chi connectivity index (χ3v) is 3.96. The van der Waals surface area contributed by atoms with Gasteiger partial charge < -0.3 is 0 Å². The molecule has 0 atom stereocenters. The van der Waals surface area contributed by atoms with Crippen molar-refractivity contribution in [1.29, 1.82) is 0 Å². The normalized spacial score (nSPS) is 10.9. The monoisotopic (exact) mass is 264 g/mol. The van der Waals surface area contributed by atoms with E-state index in [4.69, 9.17) is 0 Å². The zero-order valence-electron chi connectivity index (χ0n) is 9.67. The van der Waals surface area contributed by atoms with Crippen molar-refractivity contribution in [2.24, 2.45) is 0 Å². The number of fused-ring (bicyclic) bond motifs is 1. The average Bonchev–Trinajstić information content (AvgIpc) is 2.39. The third-order valence-electron chi connectivity index (χ3n) is 2.55. The molecule has 0 N–H and O–H groups in total. The molecule has 0 spiro atoms. The van der Waals surface area contributed by atoms with Crippen molar-refractivity contribution in [2.45, 2.75) is 24.3 Å². The van der Waals surface area contributed by atoms with Crippen molar-refractivity contribution in [2.75, 3.05) is 11.5 Å². The highest BCUT2D eigenvalue weighted by molar-refractivity contribution is 7.99. The van der Waals surface area contributed by atoms with E-state index in [9.17, 15) is 0 Å². The lowest BCUT2D eigenvalue weighted by Crippen LogP contribution is -1.88. The summed E-state index contributed by atoms with van der Waals surface area (Å²) in [5.41, 5.74) is 1.03. The summed E-state index contributed by atoms with van der Waals surface area (Å²) in [4.78, 5) is 8.63. The molecule has 0 amide bonds. The largest absolute Gasteiger partial charge is 0.236 e. The molecule has 1 heterocycles. The SMILES string of the molecule is SCCCCCSc1ncnc2ccccc12.